The van der Waals surface area contributed by atoms with Crippen LogP contribution < -0.4 is 15.4 Å². The Morgan fingerprint density at radius 2 is 2.10 bits per heavy atom. The lowest BCUT2D eigenvalue weighted by atomic mass is 9.87. The van der Waals surface area contributed by atoms with Gasteiger partial charge in [0.1, 0.15) is 23.7 Å². The summed E-state index contributed by atoms with van der Waals surface area (Å²) in [4.78, 5) is 49.4. The van der Waals surface area contributed by atoms with Gasteiger partial charge in [0.05, 0.1) is 12.6 Å². The molecule has 0 aromatic heterocycles. The van der Waals surface area contributed by atoms with Gasteiger partial charge in [0.15, 0.2) is 0 Å². The number of ether oxygens (including phenoxy) is 1. The zero-order chi connectivity index (χ0) is 21.3. The first-order valence-electron chi connectivity index (χ1n) is 9.76. The maximum atomic E-state index is 13.1. The lowest BCUT2D eigenvalue weighted by molar-refractivity contribution is -0.125. The molecular formula is C21H27N3O5. The number of carbonyl (C=O) groups is 4. The van der Waals surface area contributed by atoms with Crippen LogP contribution in [0.15, 0.2) is 12.1 Å². The predicted molar refractivity (Wildman–Crippen MR) is 105 cm³/mol. The number of amides is 3. The number of likely N-dealkylation sites (N-methyl/N-ethyl adjacent to an activating group) is 1. The maximum Gasteiger partial charge on any atom is 0.255 e. The minimum absolute atomic E-state index is 0.134. The first-order valence-corrected chi connectivity index (χ1v) is 9.76. The van der Waals surface area contributed by atoms with Crippen molar-refractivity contribution in [2.75, 3.05) is 7.05 Å². The number of nitrogens with one attached hydrogen (secondary N) is 2. The summed E-state index contributed by atoms with van der Waals surface area (Å²) in [7, 11) is 1.51. The van der Waals surface area contributed by atoms with E-state index in [0.717, 1.165) is 17.4 Å². The van der Waals surface area contributed by atoms with Gasteiger partial charge >= 0.3 is 0 Å². The van der Waals surface area contributed by atoms with E-state index in [2.05, 4.69) is 10.6 Å². The normalized spacial score (nSPS) is 20.2. The highest BCUT2D eigenvalue weighted by molar-refractivity contribution is 6.02. The topological polar surface area (TPSA) is 105 Å². The highest BCUT2D eigenvalue weighted by Gasteiger charge is 2.42. The monoisotopic (exact) mass is 401 g/mol. The van der Waals surface area contributed by atoms with Crippen molar-refractivity contribution in [3.05, 3.63) is 28.8 Å². The number of hydrogen-bond donors (Lipinski definition) is 2. The molecule has 0 radical (unpaired) electrons. The van der Waals surface area contributed by atoms with Crippen LogP contribution in [-0.4, -0.2) is 47.6 Å². The largest absolute Gasteiger partial charge is 0.487 e. The van der Waals surface area contributed by atoms with E-state index in [-0.39, 0.29) is 43.1 Å². The number of carbonyl (C=O) groups excluding carboxylic acids is 4. The van der Waals surface area contributed by atoms with Crippen molar-refractivity contribution in [3.8, 4) is 5.75 Å². The Morgan fingerprint density at radius 3 is 2.72 bits per heavy atom. The van der Waals surface area contributed by atoms with Crippen LogP contribution in [0.3, 0.4) is 0 Å². The summed E-state index contributed by atoms with van der Waals surface area (Å²) in [5.41, 5.74) is 1.51. The Bertz CT molecular complexity index is 864. The van der Waals surface area contributed by atoms with Gasteiger partial charge in [0.2, 0.25) is 11.8 Å². The number of aldehydes is 1. The van der Waals surface area contributed by atoms with Crippen LogP contribution >= 0.6 is 0 Å². The molecule has 0 fully saturated rings. The standard InChI is InChI=1S/C21H27N3O5/c1-12(26)23-16-10-21(2,3)29-18-14(16)8-7-13-15(18)11-24(20(13)28)17(6-5-9-25)19(27)22-4/h7-9,16-17H,5-6,10-11H2,1-4H3,(H,22,27)(H,23,26). The van der Waals surface area contributed by atoms with Crippen LogP contribution in [0.1, 0.15) is 67.6 Å². The smallest absolute Gasteiger partial charge is 0.255 e. The van der Waals surface area contributed by atoms with Gasteiger partial charge in [-0.25, -0.2) is 0 Å². The molecule has 2 heterocycles. The van der Waals surface area contributed by atoms with Crippen LogP contribution in [-0.2, 0) is 20.9 Å². The second-order valence-corrected chi connectivity index (χ2v) is 8.14. The van der Waals surface area contributed by atoms with Crippen LogP contribution in [0.5, 0.6) is 5.75 Å². The van der Waals surface area contributed by atoms with Gasteiger partial charge in [-0.1, -0.05) is 6.07 Å². The molecule has 2 aliphatic rings. The van der Waals surface area contributed by atoms with Crippen molar-refractivity contribution < 1.29 is 23.9 Å². The average molecular weight is 401 g/mol. The molecule has 29 heavy (non-hydrogen) atoms. The highest BCUT2D eigenvalue weighted by atomic mass is 16.5. The summed E-state index contributed by atoms with van der Waals surface area (Å²) >= 11 is 0. The summed E-state index contributed by atoms with van der Waals surface area (Å²) in [6.45, 7) is 5.57. The number of fused-ring (bicyclic) bond motifs is 3. The van der Waals surface area contributed by atoms with Crippen molar-refractivity contribution in [2.24, 2.45) is 0 Å². The minimum Gasteiger partial charge on any atom is -0.487 e. The van der Waals surface area contributed by atoms with Crippen molar-refractivity contribution in [2.45, 2.75) is 64.3 Å². The third-order valence-corrected chi connectivity index (χ3v) is 5.42. The summed E-state index contributed by atoms with van der Waals surface area (Å²) in [5, 5.41) is 5.54. The number of nitrogens with zero attached hydrogens (tertiary/aromatic N) is 1. The molecule has 8 nitrogen and oxygen atoms in total. The lowest BCUT2D eigenvalue weighted by Gasteiger charge is -2.38. The molecule has 0 bridgehead atoms. The lowest BCUT2D eigenvalue weighted by Crippen LogP contribution is -2.46. The predicted octanol–water partition coefficient (Wildman–Crippen LogP) is 1.47. The van der Waals surface area contributed by atoms with Gasteiger partial charge in [-0.3, -0.25) is 14.4 Å². The first kappa shape index (κ1) is 20.8. The fourth-order valence-corrected chi connectivity index (χ4v) is 4.16. The fraction of sp³-hybridized carbons (Fsp3) is 0.524. The van der Waals surface area contributed by atoms with Crippen LogP contribution in [0.4, 0.5) is 0 Å². The Morgan fingerprint density at radius 1 is 1.38 bits per heavy atom. The third-order valence-electron chi connectivity index (χ3n) is 5.42. The summed E-state index contributed by atoms with van der Waals surface area (Å²) in [6.07, 6.45) is 1.79. The molecular weight excluding hydrogens is 374 g/mol. The SMILES string of the molecule is CNC(=O)C(CCC=O)N1Cc2c(ccc3c2OC(C)(C)CC3NC(C)=O)C1=O. The molecule has 0 spiro atoms. The van der Waals surface area contributed by atoms with E-state index in [0.29, 0.717) is 17.7 Å². The van der Waals surface area contributed by atoms with Crippen molar-refractivity contribution in [1.82, 2.24) is 15.5 Å². The number of benzene rings is 1. The van der Waals surface area contributed by atoms with E-state index in [1.54, 1.807) is 6.07 Å². The zero-order valence-corrected chi connectivity index (χ0v) is 17.2. The third kappa shape index (κ3) is 3.97. The summed E-state index contributed by atoms with van der Waals surface area (Å²) in [5.74, 6) is -0.102. The van der Waals surface area contributed by atoms with Crippen LogP contribution in [0.2, 0.25) is 0 Å². The van der Waals surface area contributed by atoms with Gasteiger partial charge in [-0.05, 0) is 26.3 Å². The summed E-state index contributed by atoms with van der Waals surface area (Å²) in [6, 6.07) is 2.59. The van der Waals surface area contributed by atoms with Crippen molar-refractivity contribution in [1.29, 1.82) is 0 Å². The molecule has 0 aliphatic carbocycles. The van der Waals surface area contributed by atoms with E-state index in [1.165, 1.54) is 18.9 Å². The molecule has 1 aromatic rings. The Labute approximate surface area is 170 Å². The average Bonchev–Trinajstić information content (AvgIpc) is 2.97. The van der Waals surface area contributed by atoms with E-state index < -0.39 is 11.6 Å². The number of hydrogen-bond acceptors (Lipinski definition) is 5. The van der Waals surface area contributed by atoms with Gasteiger partial charge in [-0.2, -0.15) is 0 Å². The maximum absolute atomic E-state index is 13.1. The quantitative estimate of drug-likeness (QED) is 0.703. The fourth-order valence-electron chi connectivity index (χ4n) is 4.16. The van der Waals surface area contributed by atoms with E-state index >= 15 is 0 Å². The first-order chi connectivity index (χ1) is 13.7. The molecule has 156 valence electrons. The van der Waals surface area contributed by atoms with Crippen molar-refractivity contribution >= 4 is 24.0 Å². The molecule has 3 amide bonds. The van der Waals surface area contributed by atoms with Gasteiger partial charge < -0.3 is 25.1 Å². The molecule has 8 heteroatoms. The molecule has 0 saturated heterocycles. The van der Waals surface area contributed by atoms with Crippen molar-refractivity contribution in [3.63, 3.8) is 0 Å². The minimum atomic E-state index is -0.733. The van der Waals surface area contributed by atoms with Crippen LogP contribution in [0.25, 0.3) is 0 Å². The van der Waals surface area contributed by atoms with Gasteiger partial charge in [0.25, 0.3) is 5.91 Å². The number of rotatable bonds is 6. The molecule has 3 rings (SSSR count). The van der Waals surface area contributed by atoms with E-state index in [9.17, 15) is 19.2 Å². The molecule has 0 saturated carbocycles. The molecule has 1 aromatic carbocycles. The Balaban J connectivity index is 2.01. The Hall–Kier alpha value is -2.90. The van der Waals surface area contributed by atoms with E-state index in [1.807, 2.05) is 19.9 Å². The molecule has 2 atom stereocenters. The second-order valence-electron chi connectivity index (χ2n) is 8.14. The molecule has 2 N–H and O–H groups in total. The molecule has 2 aliphatic heterocycles. The van der Waals surface area contributed by atoms with Gasteiger partial charge in [0, 0.05) is 43.5 Å². The molecule has 2 unspecified atom stereocenters. The Kier molecular flexibility index (Phi) is 5.64. The van der Waals surface area contributed by atoms with Crippen LogP contribution in [0, 0.1) is 0 Å². The van der Waals surface area contributed by atoms with E-state index in [4.69, 9.17) is 4.74 Å². The second kappa shape index (κ2) is 7.85. The summed E-state index contributed by atoms with van der Waals surface area (Å²) < 4.78 is 6.23. The highest BCUT2D eigenvalue weighted by Crippen LogP contribution is 2.45. The zero-order valence-electron chi connectivity index (χ0n) is 17.2. The van der Waals surface area contributed by atoms with Gasteiger partial charge in [-0.15, -0.1) is 0 Å².